The fraction of sp³-hybridized carbons (Fsp3) is 0.167. The lowest BCUT2D eigenvalue weighted by atomic mass is 10.0. The van der Waals surface area contributed by atoms with Gasteiger partial charge in [-0.25, -0.2) is 13.2 Å². The zero-order chi connectivity index (χ0) is 17.7. The fourth-order valence-corrected chi connectivity index (χ4v) is 3.13. The van der Waals surface area contributed by atoms with Gasteiger partial charge in [0.1, 0.15) is 0 Å². The first-order chi connectivity index (χ1) is 11.3. The number of nitrogens with one attached hydrogen (secondary N) is 1. The van der Waals surface area contributed by atoms with Gasteiger partial charge in [-0.1, -0.05) is 38.1 Å². The molecule has 0 bridgehead atoms. The third-order valence-corrected chi connectivity index (χ3v) is 4.84. The number of benzene rings is 2. The van der Waals surface area contributed by atoms with Gasteiger partial charge in [0.05, 0.1) is 4.90 Å². The Bertz CT molecular complexity index is 836. The van der Waals surface area contributed by atoms with Crippen molar-refractivity contribution in [3.8, 4) is 0 Å². The summed E-state index contributed by atoms with van der Waals surface area (Å²) in [5, 5.41) is 8.58. The molecule has 0 atom stereocenters. The van der Waals surface area contributed by atoms with Crippen molar-refractivity contribution >= 4 is 27.8 Å². The minimum absolute atomic E-state index is 0.114. The standard InChI is InChI=1S/C18H19NO4S/c1-13(2)15-6-8-16(9-7-15)19-24(22,23)17-10-3-14(4-11-17)5-12-18(20)21/h3-13,19H,1-2H3,(H,20,21). The van der Waals surface area contributed by atoms with E-state index < -0.39 is 16.0 Å². The van der Waals surface area contributed by atoms with Gasteiger partial charge in [0.15, 0.2) is 0 Å². The van der Waals surface area contributed by atoms with E-state index in [-0.39, 0.29) is 4.90 Å². The summed E-state index contributed by atoms with van der Waals surface area (Å²) < 4.78 is 27.3. The number of carbonyl (C=O) groups is 1. The Labute approximate surface area is 141 Å². The smallest absolute Gasteiger partial charge is 0.328 e. The van der Waals surface area contributed by atoms with Crippen LogP contribution in [0, 0.1) is 0 Å². The molecule has 0 aliphatic carbocycles. The Hall–Kier alpha value is -2.60. The van der Waals surface area contributed by atoms with Crippen molar-refractivity contribution in [1.82, 2.24) is 0 Å². The number of sulfonamides is 1. The molecule has 0 amide bonds. The summed E-state index contributed by atoms with van der Waals surface area (Å²) in [6.07, 6.45) is 2.40. The summed E-state index contributed by atoms with van der Waals surface area (Å²) in [6.45, 7) is 4.14. The number of anilines is 1. The van der Waals surface area contributed by atoms with Gasteiger partial charge < -0.3 is 5.11 Å². The number of carboxylic acid groups (broad SMARTS) is 1. The molecular formula is C18H19NO4S. The SMILES string of the molecule is CC(C)c1ccc(NS(=O)(=O)c2ccc(C=CC(=O)O)cc2)cc1. The highest BCUT2D eigenvalue weighted by molar-refractivity contribution is 7.92. The van der Waals surface area contributed by atoms with Crippen molar-refractivity contribution in [1.29, 1.82) is 0 Å². The molecule has 0 heterocycles. The van der Waals surface area contributed by atoms with Crippen LogP contribution in [0.15, 0.2) is 59.5 Å². The second kappa shape index (κ2) is 7.31. The van der Waals surface area contributed by atoms with E-state index in [1.54, 1.807) is 24.3 Å². The summed E-state index contributed by atoms with van der Waals surface area (Å²) in [5.41, 5.74) is 2.24. The van der Waals surface area contributed by atoms with E-state index in [0.717, 1.165) is 11.6 Å². The van der Waals surface area contributed by atoms with E-state index >= 15 is 0 Å². The van der Waals surface area contributed by atoms with Crippen LogP contribution in [0.2, 0.25) is 0 Å². The molecule has 0 unspecified atom stereocenters. The van der Waals surface area contributed by atoms with Crippen LogP contribution >= 0.6 is 0 Å². The number of rotatable bonds is 6. The van der Waals surface area contributed by atoms with Crippen LogP contribution in [0.4, 0.5) is 5.69 Å². The Kier molecular flexibility index (Phi) is 5.41. The molecule has 0 spiro atoms. The highest BCUT2D eigenvalue weighted by Crippen LogP contribution is 2.20. The normalized spacial score (nSPS) is 11.8. The van der Waals surface area contributed by atoms with E-state index in [1.807, 2.05) is 12.1 Å². The molecule has 0 fully saturated rings. The van der Waals surface area contributed by atoms with E-state index in [0.29, 0.717) is 17.2 Å². The molecule has 6 heteroatoms. The Morgan fingerprint density at radius 3 is 2.12 bits per heavy atom. The van der Waals surface area contributed by atoms with E-state index in [4.69, 9.17) is 5.11 Å². The summed E-state index contributed by atoms with van der Waals surface area (Å²) in [6, 6.07) is 13.2. The van der Waals surface area contributed by atoms with Crippen molar-refractivity contribution in [2.24, 2.45) is 0 Å². The lowest BCUT2D eigenvalue weighted by Gasteiger charge is -2.10. The average Bonchev–Trinajstić information content (AvgIpc) is 2.53. The van der Waals surface area contributed by atoms with Gasteiger partial charge in [-0.05, 0) is 47.4 Å². The molecule has 0 saturated carbocycles. The van der Waals surface area contributed by atoms with Crippen molar-refractivity contribution < 1.29 is 18.3 Å². The van der Waals surface area contributed by atoms with Crippen LogP contribution in [0.3, 0.4) is 0 Å². The molecule has 0 saturated heterocycles. The molecule has 0 aliphatic rings. The zero-order valence-electron chi connectivity index (χ0n) is 13.4. The first kappa shape index (κ1) is 17.7. The molecule has 0 aromatic heterocycles. The Morgan fingerprint density at radius 1 is 1.04 bits per heavy atom. The molecule has 5 nitrogen and oxygen atoms in total. The van der Waals surface area contributed by atoms with Crippen molar-refractivity contribution in [3.05, 3.63) is 65.7 Å². The van der Waals surface area contributed by atoms with Crippen LogP contribution < -0.4 is 4.72 Å². The first-order valence-corrected chi connectivity index (χ1v) is 8.90. The molecular weight excluding hydrogens is 326 g/mol. The first-order valence-electron chi connectivity index (χ1n) is 7.42. The van der Waals surface area contributed by atoms with E-state index in [9.17, 15) is 13.2 Å². The molecule has 2 aromatic rings. The number of hydrogen-bond donors (Lipinski definition) is 2. The fourth-order valence-electron chi connectivity index (χ4n) is 2.08. The second-order valence-corrected chi connectivity index (χ2v) is 7.31. The van der Waals surface area contributed by atoms with Crippen molar-refractivity contribution in [3.63, 3.8) is 0 Å². The number of hydrogen-bond acceptors (Lipinski definition) is 3. The molecule has 126 valence electrons. The molecule has 2 N–H and O–H groups in total. The number of aliphatic carboxylic acids is 1. The maximum Gasteiger partial charge on any atom is 0.328 e. The van der Waals surface area contributed by atoms with Crippen LogP contribution in [-0.4, -0.2) is 19.5 Å². The monoisotopic (exact) mass is 345 g/mol. The average molecular weight is 345 g/mol. The lowest BCUT2D eigenvalue weighted by molar-refractivity contribution is -0.131. The summed E-state index contributed by atoms with van der Waals surface area (Å²) in [5.74, 6) is -0.680. The predicted octanol–water partition coefficient (Wildman–Crippen LogP) is 3.71. The van der Waals surface area contributed by atoms with Crippen LogP contribution in [0.25, 0.3) is 6.08 Å². The summed E-state index contributed by atoms with van der Waals surface area (Å²) in [4.78, 5) is 10.6. The third kappa shape index (κ3) is 4.70. The van der Waals surface area contributed by atoms with Gasteiger partial charge in [-0.3, -0.25) is 4.72 Å². The van der Waals surface area contributed by atoms with E-state index in [2.05, 4.69) is 18.6 Å². The minimum atomic E-state index is -3.68. The third-order valence-electron chi connectivity index (χ3n) is 3.44. The minimum Gasteiger partial charge on any atom is -0.478 e. The highest BCUT2D eigenvalue weighted by Gasteiger charge is 2.14. The molecule has 2 rings (SSSR count). The van der Waals surface area contributed by atoms with Crippen LogP contribution in [0.1, 0.15) is 30.9 Å². The topological polar surface area (TPSA) is 83.5 Å². The molecule has 24 heavy (non-hydrogen) atoms. The zero-order valence-corrected chi connectivity index (χ0v) is 14.2. The molecule has 0 aliphatic heterocycles. The number of carboxylic acids is 1. The highest BCUT2D eigenvalue weighted by atomic mass is 32.2. The van der Waals surface area contributed by atoms with Gasteiger partial charge in [0.25, 0.3) is 10.0 Å². The lowest BCUT2D eigenvalue weighted by Crippen LogP contribution is -2.12. The quantitative estimate of drug-likeness (QED) is 0.782. The van der Waals surface area contributed by atoms with Gasteiger partial charge in [0, 0.05) is 11.8 Å². The molecule has 0 radical (unpaired) electrons. The molecule has 2 aromatic carbocycles. The summed E-state index contributed by atoms with van der Waals surface area (Å²) in [7, 11) is -3.68. The van der Waals surface area contributed by atoms with Crippen LogP contribution in [-0.2, 0) is 14.8 Å². The second-order valence-electron chi connectivity index (χ2n) is 5.62. The maximum absolute atomic E-state index is 12.4. The van der Waals surface area contributed by atoms with Crippen molar-refractivity contribution in [2.45, 2.75) is 24.7 Å². The van der Waals surface area contributed by atoms with Crippen molar-refractivity contribution in [2.75, 3.05) is 4.72 Å². The van der Waals surface area contributed by atoms with Gasteiger partial charge >= 0.3 is 5.97 Å². The summed E-state index contributed by atoms with van der Waals surface area (Å²) >= 11 is 0. The van der Waals surface area contributed by atoms with Gasteiger partial charge in [-0.15, -0.1) is 0 Å². The van der Waals surface area contributed by atoms with Gasteiger partial charge in [-0.2, -0.15) is 0 Å². The largest absolute Gasteiger partial charge is 0.478 e. The Balaban J connectivity index is 2.16. The predicted molar refractivity (Wildman–Crippen MR) is 94.5 cm³/mol. The maximum atomic E-state index is 12.4. The van der Waals surface area contributed by atoms with Gasteiger partial charge in [0.2, 0.25) is 0 Å². The van der Waals surface area contributed by atoms with E-state index in [1.165, 1.54) is 18.2 Å². The van der Waals surface area contributed by atoms with Crippen LogP contribution in [0.5, 0.6) is 0 Å². The Morgan fingerprint density at radius 2 is 1.62 bits per heavy atom.